The van der Waals surface area contributed by atoms with Gasteiger partial charge in [0.15, 0.2) is 0 Å². The number of nitrogens with two attached hydrogens (primary N) is 1. The Morgan fingerprint density at radius 1 is 1.53 bits per heavy atom. The number of nitrogens with zero attached hydrogens (tertiary/aromatic N) is 1. The maximum atomic E-state index is 11.2. The standard InChI is InChI=1S/C11H12N2O2/c1-15-11(14)9-5-8(3-2-4-12)6-10(13)7-9/h5-7H,2-3,13H2,1H3. The fourth-order valence-electron chi connectivity index (χ4n) is 1.30. The van der Waals surface area contributed by atoms with Gasteiger partial charge in [-0.3, -0.25) is 0 Å². The van der Waals surface area contributed by atoms with Gasteiger partial charge < -0.3 is 10.5 Å². The lowest BCUT2D eigenvalue weighted by Crippen LogP contribution is -2.03. The van der Waals surface area contributed by atoms with E-state index in [0.717, 1.165) is 5.56 Å². The highest BCUT2D eigenvalue weighted by Crippen LogP contribution is 2.14. The van der Waals surface area contributed by atoms with Crippen LogP contribution in [0.25, 0.3) is 0 Å². The van der Waals surface area contributed by atoms with Crippen molar-refractivity contribution in [2.75, 3.05) is 12.8 Å². The van der Waals surface area contributed by atoms with Crippen LogP contribution in [0.3, 0.4) is 0 Å². The molecule has 0 aliphatic heterocycles. The third-order valence-corrected chi connectivity index (χ3v) is 1.96. The van der Waals surface area contributed by atoms with Crippen molar-refractivity contribution < 1.29 is 9.53 Å². The number of esters is 1. The van der Waals surface area contributed by atoms with Crippen molar-refractivity contribution in [1.29, 1.82) is 5.26 Å². The van der Waals surface area contributed by atoms with Crippen LogP contribution in [0.1, 0.15) is 22.3 Å². The van der Waals surface area contributed by atoms with E-state index in [1.807, 2.05) is 6.07 Å². The predicted molar refractivity (Wildman–Crippen MR) is 56.1 cm³/mol. The minimum Gasteiger partial charge on any atom is -0.465 e. The summed E-state index contributed by atoms with van der Waals surface area (Å²) in [5, 5.41) is 8.45. The number of carbonyl (C=O) groups excluding carboxylic acids is 1. The van der Waals surface area contributed by atoms with Crippen molar-refractivity contribution in [3.05, 3.63) is 29.3 Å². The van der Waals surface area contributed by atoms with Crippen molar-refractivity contribution >= 4 is 11.7 Å². The summed E-state index contributed by atoms with van der Waals surface area (Å²) in [7, 11) is 1.32. The van der Waals surface area contributed by atoms with Gasteiger partial charge in [0.2, 0.25) is 0 Å². The van der Waals surface area contributed by atoms with Crippen molar-refractivity contribution in [1.82, 2.24) is 0 Å². The second kappa shape index (κ2) is 5.01. The summed E-state index contributed by atoms with van der Waals surface area (Å²) in [6.07, 6.45) is 0.996. The molecule has 0 radical (unpaired) electrons. The number of benzene rings is 1. The van der Waals surface area contributed by atoms with Gasteiger partial charge in [-0.1, -0.05) is 0 Å². The van der Waals surface area contributed by atoms with Crippen LogP contribution >= 0.6 is 0 Å². The third-order valence-electron chi connectivity index (χ3n) is 1.96. The lowest BCUT2D eigenvalue weighted by molar-refractivity contribution is 0.0600. The highest BCUT2D eigenvalue weighted by atomic mass is 16.5. The minimum atomic E-state index is -0.416. The highest BCUT2D eigenvalue weighted by molar-refractivity contribution is 5.90. The number of rotatable bonds is 3. The molecule has 1 aromatic rings. The Morgan fingerprint density at radius 2 is 2.27 bits per heavy atom. The number of ether oxygens (including phenoxy) is 1. The molecule has 4 nitrogen and oxygen atoms in total. The van der Waals surface area contributed by atoms with E-state index in [0.29, 0.717) is 24.1 Å². The second-order valence-corrected chi connectivity index (χ2v) is 3.11. The van der Waals surface area contributed by atoms with Crippen LogP contribution in [0.15, 0.2) is 18.2 Å². The molecule has 0 heterocycles. The van der Waals surface area contributed by atoms with Gasteiger partial charge in [-0.25, -0.2) is 4.79 Å². The first kappa shape index (κ1) is 11.1. The van der Waals surface area contributed by atoms with Crippen LogP contribution in [-0.4, -0.2) is 13.1 Å². The second-order valence-electron chi connectivity index (χ2n) is 3.11. The quantitative estimate of drug-likeness (QED) is 0.598. The van der Waals surface area contributed by atoms with E-state index in [1.165, 1.54) is 7.11 Å². The molecule has 0 aliphatic carbocycles. The molecule has 0 aromatic heterocycles. The van der Waals surface area contributed by atoms with E-state index < -0.39 is 5.97 Å². The number of hydrogen-bond acceptors (Lipinski definition) is 4. The lowest BCUT2D eigenvalue weighted by atomic mass is 10.1. The van der Waals surface area contributed by atoms with Crippen molar-refractivity contribution in [2.24, 2.45) is 0 Å². The van der Waals surface area contributed by atoms with Crippen molar-refractivity contribution in [3.63, 3.8) is 0 Å². The van der Waals surface area contributed by atoms with Gasteiger partial charge in [-0.05, 0) is 30.2 Å². The summed E-state index contributed by atoms with van der Waals surface area (Å²) in [6, 6.07) is 7.05. The van der Waals surface area contributed by atoms with Gasteiger partial charge >= 0.3 is 5.97 Å². The van der Waals surface area contributed by atoms with Crippen LogP contribution in [-0.2, 0) is 11.2 Å². The molecule has 2 N–H and O–H groups in total. The topological polar surface area (TPSA) is 76.1 Å². The Hall–Kier alpha value is -2.02. The molecule has 1 aromatic carbocycles. The van der Waals surface area contributed by atoms with E-state index >= 15 is 0 Å². The molecule has 1 rings (SSSR count). The maximum Gasteiger partial charge on any atom is 0.337 e. The number of methoxy groups -OCH3 is 1. The first-order valence-electron chi connectivity index (χ1n) is 4.52. The first-order valence-corrected chi connectivity index (χ1v) is 4.52. The summed E-state index contributed by atoms with van der Waals surface area (Å²) in [5.41, 5.74) is 7.43. The molecule has 78 valence electrons. The van der Waals surface area contributed by atoms with Crippen LogP contribution in [0, 0.1) is 11.3 Å². The fraction of sp³-hybridized carbons (Fsp3) is 0.273. The smallest absolute Gasteiger partial charge is 0.337 e. The van der Waals surface area contributed by atoms with Gasteiger partial charge in [0.05, 0.1) is 18.7 Å². The number of hydrogen-bond donors (Lipinski definition) is 1. The minimum absolute atomic E-state index is 0.407. The zero-order valence-electron chi connectivity index (χ0n) is 8.49. The van der Waals surface area contributed by atoms with E-state index in [1.54, 1.807) is 18.2 Å². The molecule has 0 saturated carbocycles. The lowest BCUT2D eigenvalue weighted by Gasteiger charge is -2.04. The highest BCUT2D eigenvalue weighted by Gasteiger charge is 2.07. The Morgan fingerprint density at radius 3 is 2.87 bits per heavy atom. The van der Waals surface area contributed by atoms with Crippen LogP contribution in [0.5, 0.6) is 0 Å². The third kappa shape index (κ3) is 2.99. The molecule has 4 heteroatoms. The summed E-state index contributed by atoms with van der Waals surface area (Å²) in [5.74, 6) is -0.416. The summed E-state index contributed by atoms with van der Waals surface area (Å²) >= 11 is 0. The van der Waals surface area contributed by atoms with Gasteiger partial charge in [0, 0.05) is 12.1 Å². The van der Waals surface area contributed by atoms with Crippen LogP contribution in [0.4, 0.5) is 5.69 Å². The average molecular weight is 204 g/mol. The summed E-state index contributed by atoms with van der Waals surface area (Å²) in [6.45, 7) is 0. The zero-order chi connectivity index (χ0) is 11.3. The first-order chi connectivity index (χ1) is 7.17. The average Bonchev–Trinajstić information content (AvgIpc) is 2.24. The van der Waals surface area contributed by atoms with Gasteiger partial charge in [0.25, 0.3) is 0 Å². The number of anilines is 1. The van der Waals surface area contributed by atoms with E-state index in [-0.39, 0.29) is 0 Å². The molecule has 0 aliphatic rings. The Balaban J connectivity index is 2.95. The molecular weight excluding hydrogens is 192 g/mol. The van der Waals surface area contributed by atoms with Gasteiger partial charge in [-0.15, -0.1) is 0 Å². The number of aryl methyl sites for hydroxylation is 1. The molecule has 0 unspecified atom stereocenters. The zero-order valence-corrected chi connectivity index (χ0v) is 8.49. The predicted octanol–water partition coefficient (Wildman–Crippen LogP) is 1.51. The number of carbonyl (C=O) groups is 1. The monoisotopic (exact) mass is 204 g/mol. The van der Waals surface area contributed by atoms with Crippen molar-refractivity contribution in [3.8, 4) is 6.07 Å². The molecular formula is C11H12N2O2. The Kier molecular flexibility index (Phi) is 3.69. The van der Waals surface area contributed by atoms with Crippen molar-refractivity contribution in [2.45, 2.75) is 12.8 Å². The van der Waals surface area contributed by atoms with Gasteiger partial charge in [0.1, 0.15) is 0 Å². The summed E-state index contributed by atoms with van der Waals surface area (Å²) in [4.78, 5) is 11.2. The molecule has 0 fully saturated rings. The molecule has 15 heavy (non-hydrogen) atoms. The molecule has 0 bridgehead atoms. The Bertz CT molecular complexity index is 408. The van der Waals surface area contributed by atoms with Crippen LogP contribution < -0.4 is 5.73 Å². The fourth-order valence-corrected chi connectivity index (χ4v) is 1.30. The molecule has 0 spiro atoms. The molecule has 0 saturated heterocycles. The van der Waals surface area contributed by atoms with Gasteiger partial charge in [-0.2, -0.15) is 5.26 Å². The number of nitriles is 1. The Labute approximate surface area is 88.3 Å². The van der Waals surface area contributed by atoms with E-state index in [9.17, 15) is 4.79 Å². The van der Waals surface area contributed by atoms with E-state index in [4.69, 9.17) is 11.0 Å². The van der Waals surface area contributed by atoms with E-state index in [2.05, 4.69) is 4.74 Å². The normalized spacial score (nSPS) is 9.33. The molecule has 0 atom stereocenters. The maximum absolute atomic E-state index is 11.2. The SMILES string of the molecule is COC(=O)c1cc(N)cc(CCC#N)c1. The number of nitrogen functional groups attached to an aromatic ring is 1. The largest absolute Gasteiger partial charge is 0.465 e. The molecule has 0 amide bonds. The van der Waals surface area contributed by atoms with Crippen LogP contribution in [0.2, 0.25) is 0 Å². The summed E-state index contributed by atoms with van der Waals surface area (Å²) < 4.78 is 4.59.